The highest BCUT2D eigenvalue weighted by Gasteiger charge is 2.23. The summed E-state index contributed by atoms with van der Waals surface area (Å²) in [6.45, 7) is 1.20. The van der Waals surface area contributed by atoms with Gasteiger partial charge in [-0.15, -0.1) is 0 Å². The van der Waals surface area contributed by atoms with E-state index in [9.17, 15) is 13.2 Å². The Hall–Kier alpha value is -3.93. The minimum absolute atomic E-state index is 0.0225. The number of para-hydroxylation sites is 2. The Morgan fingerprint density at radius 3 is 2.33 bits per heavy atom. The van der Waals surface area contributed by atoms with Gasteiger partial charge < -0.3 is 19.9 Å². The Morgan fingerprint density at radius 1 is 0.949 bits per heavy atom. The fraction of sp³-hybridized carbons (Fsp3) is 0.222. The molecule has 0 saturated heterocycles. The lowest BCUT2D eigenvalue weighted by molar-refractivity contribution is 0.0786. The maximum atomic E-state index is 13.1. The Labute approximate surface area is 233 Å². The molecule has 3 aromatic carbocycles. The van der Waals surface area contributed by atoms with Gasteiger partial charge in [0.25, 0.3) is 5.91 Å². The van der Waals surface area contributed by atoms with Crippen molar-refractivity contribution in [1.29, 1.82) is 0 Å². The third kappa shape index (κ3) is 6.56. The number of ether oxygens (including phenoxy) is 1. The molecule has 4 rings (SSSR count). The summed E-state index contributed by atoms with van der Waals surface area (Å²) in [7, 11) is 3.85. The molecule has 1 amide bonds. The molecule has 12 heteroatoms. The number of fused-ring (bicyclic) bond motifs is 1. The topological polar surface area (TPSA) is 108 Å². The van der Waals surface area contributed by atoms with Gasteiger partial charge in [0.05, 0.1) is 34.5 Å². The van der Waals surface area contributed by atoms with Crippen molar-refractivity contribution in [2.45, 2.75) is 0 Å². The Bertz CT molecular complexity index is 1570. The number of hydrogen-bond donors (Lipinski definition) is 2. The van der Waals surface area contributed by atoms with Crippen molar-refractivity contribution in [2.24, 2.45) is 0 Å². The maximum absolute atomic E-state index is 13.1. The second-order valence-electron chi connectivity index (χ2n) is 8.99. The number of nitrogens with one attached hydrogen (secondary N) is 1. The molecule has 0 saturated carbocycles. The predicted octanol–water partition coefficient (Wildman–Crippen LogP) is 4.33. The lowest BCUT2D eigenvalue weighted by Crippen LogP contribution is -2.33. The van der Waals surface area contributed by atoms with Crippen LogP contribution in [0.1, 0.15) is 10.4 Å². The van der Waals surface area contributed by atoms with E-state index in [4.69, 9.17) is 16.3 Å². The lowest BCUT2D eigenvalue weighted by Gasteiger charge is -2.23. The van der Waals surface area contributed by atoms with E-state index in [2.05, 4.69) is 15.3 Å². The van der Waals surface area contributed by atoms with Crippen LogP contribution < -0.4 is 14.4 Å². The highest BCUT2D eigenvalue weighted by molar-refractivity contribution is 7.74. The number of thiol groups is 1. The molecule has 0 aliphatic rings. The molecule has 4 aromatic rings. The molecule has 1 N–H and O–H groups in total. The van der Waals surface area contributed by atoms with E-state index in [-0.39, 0.29) is 23.2 Å². The number of hydrogen-bond acceptors (Lipinski definition) is 8. The minimum Gasteiger partial charge on any atom is -0.497 e. The summed E-state index contributed by atoms with van der Waals surface area (Å²) in [5, 5.41) is 3.50. The highest BCUT2D eigenvalue weighted by Crippen LogP contribution is 2.36. The van der Waals surface area contributed by atoms with E-state index < -0.39 is 10.9 Å². The highest BCUT2D eigenvalue weighted by atomic mass is 35.5. The lowest BCUT2D eigenvalue weighted by atomic mass is 10.1. The molecule has 0 bridgehead atoms. The molecule has 10 nitrogen and oxygen atoms in total. The molecule has 0 radical (unpaired) electrons. The van der Waals surface area contributed by atoms with E-state index in [1.165, 1.54) is 13.2 Å². The predicted molar refractivity (Wildman–Crippen MR) is 155 cm³/mol. The molecular weight excluding hydrogens is 540 g/mol. The minimum atomic E-state index is -3.24. The third-order valence-corrected chi connectivity index (χ3v) is 6.99. The van der Waals surface area contributed by atoms with Crippen molar-refractivity contribution >= 4 is 62.4 Å². The quantitative estimate of drug-likeness (QED) is 0.272. The fourth-order valence-electron chi connectivity index (χ4n) is 3.81. The Kier molecular flexibility index (Phi) is 8.85. The first kappa shape index (κ1) is 28.1. The molecule has 0 unspecified atom stereocenters. The molecule has 0 aliphatic carbocycles. The van der Waals surface area contributed by atoms with Crippen molar-refractivity contribution in [3.05, 3.63) is 77.3 Å². The zero-order valence-electron chi connectivity index (χ0n) is 22.0. The standard InChI is InChI=1S/C27H29ClN6O4S/c1-32(2)14-15-33(3)27(35)18-8-7-9-19(16-18)34(39(36)37)26-25(29-22-10-5-6-11-23(22)31-26)30-24-17-20(38-4)12-13-21(24)28/h5-13,16-17,39H,14-15H2,1-4H3,(H,29,30). The number of methoxy groups -OCH3 is 1. The van der Waals surface area contributed by atoms with Crippen LogP contribution in [0.25, 0.3) is 11.0 Å². The van der Waals surface area contributed by atoms with E-state index in [0.717, 1.165) is 4.31 Å². The van der Waals surface area contributed by atoms with Crippen LogP contribution >= 0.6 is 11.6 Å². The van der Waals surface area contributed by atoms with Gasteiger partial charge in [-0.2, -0.15) is 0 Å². The summed E-state index contributed by atoms with van der Waals surface area (Å²) in [6.07, 6.45) is 0. The number of likely N-dealkylation sites (N-methyl/N-ethyl adjacent to an activating group) is 2. The molecule has 1 heterocycles. The average molecular weight is 569 g/mol. The van der Waals surface area contributed by atoms with E-state index in [0.29, 0.717) is 46.1 Å². The van der Waals surface area contributed by atoms with Gasteiger partial charge in [0, 0.05) is 31.8 Å². The third-order valence-electron chi connectivity index (χ3n) is 5.91. The summed E-state index contributed by atoms with van der Waals surface area (Å²) in [5.41, 5.74) is 2.08. The molecule has 0 atom stereocenters. The number of carbonyl (C=O) groups is 1. The van der Waals surface area contributed by atoms with Crippen molar-refractivity contribution in [3.63, 3.8) is 0 Å². The van der Waals surface area contributed by atoms with Crippen molar-refractivity contribution in [2.75, 3.05) is 51.0 Å². The van der Waals surface area contributed by atoms with Crippen molar-refractivity contribution in [1.82, 2.24) is 19.8 Å². The first-order valence-electron chi connectivity index (χ1n) is 12.0. The number of rotatable bonds is 10. The first-order valence-corrected chi connectivity index (χ1v) is 13.5. The van der Waals surface area contributed by atoms with Crippen LogP contribution in [-0.4, -0.2) is 75.4 Å². The van der Waals surface area contributed by atoms with Gasteiger partial charge in [-0.05, 0) is 56.6 Å². The molecule has 39 heavy (non-hydrogen) atoms. The molecule has 0 fully saturated rings. The normalized spacial score (nSPS) is 11.2. The van der Waals surface area contributed by atoms with E-state index in [1.807, 2.05) is 25.1 Å². The summed E-state index contributed by atoms with van der Waals surface area (Å²) >= 11 is 6.42. The zero-order valence-corrected chi connectivity index (χ0v) is 23.6. The van der Waals surface area contributed by atoms with Gasteiger partial charge in [0.15, 0.2) is 11.6 Å². The first-order chi connectivity index (χ1) is 18.7. The Morgan fingerprint density at radius 2 is 1.67 bits per heavy atom. The zero-order chi connectivity index (χ0) is 28.1. The number of carbonyl (C=O) groups excluding carboxylic acids is 1. The van der Waals surface area contributed by atoms with Crippen LogP contribution in [0.15, 0.2) is 66.7 Å². The number of nitrogens with zero attached hydrogens (tertiary/aromatic N) is 5. The van der Waals surface area contributed by atoms with Gasteiger partial charge in [-0.25, -0.2) is 22.7 Å². The van der Waals surface area contributed by atoms with Crippen LogP contribution in [-0.2, 0) is 10.9 Å². The van der Waals surface area contributed by atoms with Crippen LogP contribution in [0.4, 0.5) is 23.0 Å². The summed E-state index contributed by atoms with van der Waals surface area (Å²) < 4.78 is 31.8. The number of halogens is 1. The van der Waals surface area contributed by atoms with E-state index >= 15 is 0 Å². The number of benzene rings is 3. The smallest absolute Gasteiger partial charge is 0.253 e. The second kappa shape index (κ2) is 12.3. The van der Waals surface area contributed by atoms with E-state index in [1.54, 1.807) is 66.5 Å². The summed E-state index contributed by atoms with van der Waals surface area (Å²) in [4.78, 5) is 26.0. The van der Waals surface area contributed by atoms with Gasteiger partial charge in [0.1, 0.15) is 5.75 Å². The maximum Gasteiger partial charge on any atom is 0.253 e. The molecule has 0 spiro atoms. The van der Waals surface area contributed by atoms with Gasteiger partial charge >= 0.3 is 0 Å². The van der Waals surface area contributed by atoms with Crippen LogP contribution in [0.3, 0.4) is 0 Å². The number of amides is 1. The van der Waals surface area contributed by atoms with Crippen molar-refractivity contribution < 1.29 is 17.9 Å². The van der Waals surface area contributed by atoms with Crippen LogP contribution in [0.2, 0.25) is 5.02 Å². The van der Waals surface area contributed by atoms with Gasteiger partial charge in [-0.1, -0.05) is 29.8 Å². The molecular formula is C27H29ClN6O4S. The average Bonchev–Trinajstić information content (AvgIpc) is 2.92. The van der Waals surface area contributed by atoms with Crippen LogP contribution in [0.5, 0.6) is 5.75 Å². The number of anilines is 4. The van der Waals surface area contributed by atoms with Gasteiger partial charge in [0.2, 0.25) is 10.9 Å². The number of aromatic nitrogens is 2. The summed E-state index contributed by atoms with van der Waals surface area (Å²) in [5.74, 6) is 0.497. The van der Waals surface area contributed by atoms with Crippen LogP contribution in [0, 0.1) is 0 Å². The van der Waals surface area contributed by atoms with Crippen molar-refractivity contribution in [3.8, 4) is 5.75 Å². The largest absolute Gasteiger partial charge is 0.497 e. The molecule has 204 valence electrons. The monoisotopic (exact) mass is 568 g/mol. The molecule has 1 aromatic heterocycles. The SMILES string of the molecule is COc1ccc(Cl)c(Nc2nc3ccccc3nc2N(c2cccc(C(=O)N(C)CCN(C)C)c2)[SH](=O)=O)c1. The Balaban J connectivity index is 1.81. The fourth-order valence-corrected chi connectivity index (χ4v) is 4.59. The molecule has 0 aliphatic heterocycles. The summed E-state index contributed by atoms with van der Waals surface area (Å²) in [6, 6.07) is 18.6. The second-order valence-corrected chi connectivity index (χ2v) is 10.3. The van der Waals surface area contributed by atoms with Gasteiger partial charge in [-0.3, -0.25) is 4.79 Å².